The maximum absolute atomic E-state index is 12.5. The van der Waals surface area contributed by atoms with Gasteiger partial charge < -0.3 is 14.8 Å². The van der Waals surface area contributed by atoms with Gasteiger partial charge in [-0.3, -0.25) is 4.79 Å². The smallest absolute Gasteiger partial charge is 0.227 e. The van der Waals surface area contributed by atoms with Crippen molar-refractivity contribution in [1.29, 1.82) is 0 Å². The highest BCUT2D eigenvalue weighted by Crippen LogP contribution is 2.31. The molecule has 8 heteroatoms. The number of sulfonamides is 1. The first-order valence-electron chi connectivity index (χ1n) is 8.81. The van der Waals surface area contributed by atoms with E-state index in [-0.39, 0.29) is 17.9 Å². The van der Waals surface area contributed by atoms with E-state index >= 15 is 0 Å². The van der Waals surface area contributed by atoms with E-state index in [0.717, 1.165) is 0 Å². The van der Waals surface area contributed by atoms with E-state index in [1.807, 2.05) is 0 Å². The van der Waals surface area contributed by atoms with Crippen molar-refractivity contribution < 1.29 is 22.7 Å². The van der Waals surface area contributed by atoms with Crippen LogP contribution in [-0.4, -0.2) is 39.8 Å². The second kappa shape index (κ2) is 8.73. The van der Waals surface area contributed by atoms with Crippen molar-refractivity contribution in [2.24, 2.45) is 5.92 Å². The molecule has 0 saturated heterocycles. The number of carbonyl (C=O) groups is 1. The number of amides is 1. The van der Waals surface area contributed by atoms with E-state index in [4.69, 9.17) is 9.47 Å². The van der Waals surface area contributed by atoms with Crippen LogP contribution >= 0.6 is 0 Å². The summed E-state index contributed by atoms with van der Waals surface area (Å²) >= 11 is 0. The van der Waals surface area contributed by atoms with E-state index in [1.165, 1.54) is 0 Å². The highest BCUT2D eigenvalue weighted by molar-refractivity contribution is 7.90. The summed E-state index contributed by atoms with van der Waals surface area (Å²) in [7, 11) is -0.173. The Morgan fingerprint density at radius 3 is 2.23 bits per heavy atom. The summed E-state index contributed by atoms with van der Waals surface area (Å²) in [4.78, 5) is 12.5. The van der Waals surface area contributed by atoms with Crippen molar-refractivity contribution in [3.8, 4) is 11.5 Å². The quantitative estimate of drug-likeness (QED) is 0.753. The summed E-state index contributed by atoms with van der Waals surface area (Å²) in [5.41, 5.74) is 0.648. The minimum atomic E-state index is -3.27. The lowest BCUT2D eigenvalue weighted by atomic mass is 9.86. The topological polar surface area (TPSA) is 93.7 Å². The number of ether oxygens (including phenoxy) is 2. The fraction of sp³-hybridized carbons (Fsp3) is 0.611. The zero-order valence-electron chi connectivity index (χ0n) is 15.7. The van der Waals surface area contributed by atoms with Crippen LogP contribution in [0, 0.1) is 5.92 Å². The minimum absolute atomic E-state index is 0.0533. The average Bonchev–Trinajstić information content (AvgIpc) is 2.61. The van der Waals surface area contributed by atoms with Crippen LogP contribution in [0.4, 0.5) is 5.69 Å². The Balaban J connectivity index is 1.91. The van der Waals surface area contributed by atoms with Gasteiger partial charge in [-0.1, -0.05) is 0 Å². The third-order valence-electron chi connectivity index (χ3n) is 4.70. The van der Waals surface area contributed by atoms with Gasteiger partial charge in [0.15, 0.2) is 11.5 Å². The summed E-state index contributed by atoms with van der Waals surface area (Å²) in [6, 6.07) is 5.14. The van der Waals surface area contributed by atoms with Crippen molar-refractivity contribution in [3.05, 3.63) is 18.2 Å². The van der Waals surface area contributed by atoms with Crippen LogP contribution in [0.15, 0.2) is 18.2 Å². The van der Waals surface area contributed by atoms with Gasteiger partial charge in [0, 0.05) is 23.7 Å². The van der Waals surface area contributed by atoms with Crippen LogP contribution in [0.1, 0.15) is 39.5 Å². The molecule has 1 aliphatic rings. The van der Waals surface area contributed by atoms with Gasteiger partial charge in [-0.25, -0.2) is 13.1 Å². The highest BCUT2D eigenvalue weighted by Gasteiger charge is 2.29. The van der Waals surface area contributed by atoms with Crippen LogP contribution in [0.2, 0.25) is 0 Å². The molecule has 2 rings (SSSR count). The Hall–Kier alpha value is -1.80. The van der Waals surface area contributed by atoms with Gasteiger partial charge in [0.2, 0.25) is 15.9 Å². The lowest BCUT2D eigenvalue weighted by Crippen LogP contribution is -2.42. The van der Waals surface area contributed by atoms with Gasteiger partial charge in [-0.2, -0.15) is 0 Å². The molecule has 1 aromatic rings. The zero-order valence-corrected chi connectivity index (χ0v) is 16.6. The van der Waals surface area contributed by atoms with Gasteiger partial charge in [0.1, 0.15) is 0 Å². The number of hydrogen-bond donors (Lipinski definition) is 2. The van der Waals surface area contributed by atoms with Gasteiger partial charge >= 0.3 is 0 Å². The molecule has 146 valence electrons. The average molecular weight is 384 g/mol. The summed E-state index contributed by atoms with van der Waals surface area (Å²) in [5.74, 6) is 0.978. The normalized spacial score (nSPS) is 20.7. The molecule has 1 aliphatic carbocycles. The van der Waals surface area contributed by atoms with Crippen LogP contribution in [0.25, 0.3) is 0 Å². The molecule has 26 heavy (non-hydrogen) atoms. The lowest BCUT2D eigenvalue weighted by molar-refractivity contribution is -0.120. The number of benzene rings is 1. The van der Waals surface area contributed by atoms with Gasteiger partial charge in [0.25, 0.3) is 0 Å². The maximum Gasteiger partial charge on any atom is 0.227 e. The molecule has 0 unspecified atom stereocenters. The molecule has 1 saturated carbocycles. The van der Waals surface area contributed by atoms with Gasteiger partial charge in [-0.15, -0.1) is 0 Å². The number of rotatable bonds is 7. The summed E-state index contributed by atoms with van der Waals surface area (Å²) in [5, 5.41) is 2.46. The standard InChI is InChI=1S/C18H28N2O5S/c1-12(2)26(22,23)20-14-7-5-13(6-8-14)18(21)19-15-9-10-16(24-3)17(11-15)25-4/h9-14,20H,5-8H2,1-4H3,(H,19,21)/t13-,14-. The summed E-state index contributed by atoms with van der Waals surface area (Å²) < 4.78 is 37.1. The lowest BCUT2D eigenvalue weighted by Gasteiger charge is -2.28. The second-order valence-corrected chi connectivity index (χ2v) is 9.09. The summed E-state index contributed by atoms with van der Waals surface area (Å²) in [6.07, 6.45) is 2.64. The van der Waals surface area contributed by atoms with Gasteiger partial charge in [-0.05, 0) is 51.7 Å². The van der Waals surface area contributed by atoms with Gasteiger partial charge in [0.05, 0.1) is 19.5 Å². The van der Waals surface area contributed by atoms with Crippen molar-refractivity contribution in [1.82, 2.24) is 4.72 Å². The first kappa shape index (κ1) is 20.5. The second-order valence-electron chi connectivity index (χ2n) is 6.82. The minimum Gasteiger partial charge on any atom is -0.493 e. The Labute approximate surface area is 155 Å². The molecule has 7 nitrogen and oxygen atoms in total. The largest absolute Gasteiger partial charge is 0.493 e. The molecule has 0 radical (unpaired) electrons. The predicted molar refractivity (Wildman–Crippen MR) is 101 cm³/mol. The van der Waals surface area contributed by atoms with Crippen LogP contribution < -0.4 is 19.5 Å². The van der Waals surface area contributed by atoms with Crippen LogP contribution in [0.5, 0.6) is 11.5 Å². The number of nitrogens with one attached hydrogen (secondary N) is 2. The van der Waals surface area contributed by atoms with Crippen LogP contribution in [-0.2, 0) is 14.8 Å². The Bertz CT molecular complexity index is 725. The van der Waals surface area contributed by atoms with Crippen molar-refractivity contribution in [2.75, 3.05) is 19.5 Å². The van der Waals surface area contributed by atoms with E-state index in [1.54, 1.807) is 46.3 Å². The predicted octanol–water partition coefficient (Wildman–Crippen LogP) is 2.53. The van der Waals surface area contributed by atoms with E-state index in [9.17, 15) is 13.2 Å². The number of hydrogen-bond acceptors (Lipinski definition) is 5. The number of anilines is 1. The zero-order chi connectivity index (χ0) is 19.3. The van der Waals surface area contributed by atoms with E-state index in [0.29, 0.717) is 42.9 Å². The molecule has 0 bridgehead atoms. The third-order valence-corrected chi connectivity index (χ3v) is 6.60. The molecule has 1 aromatic carbocycles. The first-order chi connectivity index (χ1) is 12.3. The highest BCUT2D eigenvalue weighted by atomic mass is 32.2. The molecular formula is C18H28N2O5S. The van der Waals surface area contributed by atoms with E-state index < -0.39 is 15.3 Å². The molecule has 1 amide bonds. The molecular weight excluding hydrogens is 356 g/mol. The molecule has 1 fully saturated rings. The monoisotopic (exact) mass is 384 g/mol. The Morgan fingerprint density at radius 2 is 1.69 bits per heavy atom. The van der Waals surface area contributed by atoms with Crippen molar-refractivity contribution in [3.63, 3.8) is 0 Å². The Kier molecular flexibility index (Phi) is 6.88. The van der Waals surface area contributed by atoms with Crippen molar-refractivity contribution in [2.45, 2.75) is 50.8 Å². The molecule has 2 N–H and O–H groups in total. The number of carbonyl (C=O) groups excluding carboxylic acids is 1. The fourth-order valence-corrected chi connectivity index (χ4v) is 3.97. The van der Waals surface area contributed by atoms with E-state index in [2.05, 4.69) is 10.0 Å². The number of methoxy groups -OCH3 is 2. The maximum atomic E-state index is 12.5. The molecule has 0 heterocycles. The Morgan fingerprint density at radius 1 is 1.08 bits per heavy atom. The van der Waals surface area contributed by atoms with Crippen molar-refractivity contribution >= 4 is 21.6 Å². The molecule has 0 aliphatic heterocycles. The molecule has 0 spiro atoms. The SMILES string of the molecule is COc1ccc(NC(=O)[C@H]2CC[C@H](NS(=O)(=O)C(C)C)CC2)cc1OC. The molecule has 0 aromatic heterocycles. The fourth-order valence-electron chi connectivity index (χ4n) is 3.00. The first-order valence-corrected chi connectivity index (χ1v) is 10.4. The summed E-state index contributed by atoms with van der Waals surface area (Å²) in [6.45, 7) is 3.31. The molecule has 0 atom stereocenters. The van der Waals surface area contributed by atoms with Crippen LogP contribution in [0.3, 0.4) is 0 Å². The third kappa shape index (κ3) is 5.11.